The van der Waals surface area contributed by atoms with E-state index < -0.39 is 88.4 Å². The molecule has 3 fully saturated rings. The molecule has 21 nitrogen and oxygen atoms in total. The maximum atomic E-state index is 16.2. The highest BCUT2D eigenvalue weighted by Gasteiger charge is 2.45. The van der Waals surface area contributed by atoms with Crippen molar-refractivity contribution in [2.75, 3.05) is 87.7 Å². The van der Waals surface area contributed by atoms with Crippen LogP contribution in [0.1, 0.15) is 81.1 Å². The summed E-state index contributed by atoms with van der Waals surface area (Å²) in [5.41, 5.74) is 1.19. The molecule has 5 aromatic rings. The molecule has 456 valence electrons. The number of aryl methyl sites for hydroxylation is 1. The Bertz CT molecular complexity index is 3280. The number of hydrogen-bond donors (Lipinski definition) is 6. The number of hydrogen-bond acceptors (Lipinski definition) is 15. The number of nitrogens with one attached hydrogen (secondary N) is 5. The van der Waals surface area contributed by atoms with Crippen molar-refractivity contribution in [2.45, 2.75) is 104 Å². The Hall–Kier alpha value is -7.81. The Kier molecular flexibility index (Phi) is 20.1. The highest BCUT2D eigenvalue weighted by molar-refractivity contribution is 7.13. The summed E-state index contributed by atoms with van der Waals surface area (Å²) in [6, 6.07) is 12.0. The van der Waals surface area contributed by atoms with Gasteiger partial charge in [0.05, 0.1) is 51.3 Å². The fourth-order valence-electron chi connectivity index (χ4n) is 10.6. The number of carbonyl (C=O) groups is 6. The number of thiazole rings is 1. The third-order valence-electron chi connectivity index (χ3n) is 15.6. The van der Waals surface area contributed by atoms with Gasteiger partial charge in [-0.3, -0.25) is 38.5 Å². The second-order valence-corrected chi connectivity index (χ2v) is 23.7. The topological polar surface area (TPSA) is 255 Å². The van der Waals surface area contributed by atoms with Crippen molar-refractivity contribution in [1.82, 2.24) is 45.6 Å². The second-order valence-electron chi connectivity index (χ2n) is 22.8. The maximum Gasteiger partial charge on any atom is 0.417 e. The number of anilines is 3. The largest absolute Gasteiger partial charge is 0.417 e. The second kappa shape index (κ2) is 27.1. The molecule has 1 unspecified atom stereocenters. The fourth-order valence-corrected chi connectivity index (χ4v) is 11.4. The Labute approximate surface area is 493 Å². The van der Waals surface area contributed by atoms with E-state index in [1.54, 1.807) is 54.7 Å². The van der Waals surface area contributed by atoms with Crippen LogP contribution in [0.4, 0.5) is 34.8 Å². The maximum absolute atomic E-state index is 16.2. The SMILES string of the molecule is Cc1ncsc1-c1ccc(CNC(=O)[C@@H]2C[C@@H](O)CN2C(=O)C(NC(=O)COCCNC(=O)CCC(=O)N2CCN(c3ccc(-c4cc(NC(=O)c5c[nH]c(=O)cc5C(F)(F)F)c(N5C[C@@H](C)N(C)[C@@H](C)C5)cc4F)cn3)CC2)C(C)(C)C)cc1. The molecule has 6 amide bonds. The van der Waals surface area contributed by atoms with Crippen molar-refractivity contribution in [3.05, 3.63) is 111 Å². The van der Waals surface area contributed by atoms with E-state index >= 15 is 4.39 Å². The molecule has 5 atom stereocenters. The van der Waals surface area contributed by atoms with E-state index in [1.807, 2.05) is 61.9 Å². The predicted molar refractivity (Wildman–Crippen MR) is 312 cm³/mol. The minimum absolute atomic E-state index is 0.0140. The summed E-state index contributed by atoms with van der Waals surface area (Å²) in [5, 5.41) is 21.5. The first-order chi connectivity index (χ1) is 40.2. The lowest BCUT2D eigenvalue weighted by Crippen LogP contribution is -2.58. The van der Waals surface area contributed by atoms with Crippen molar-refractivity contribution in [3.8, 4) is 21.6 Å². The highest BCUT2D eigenvalue weighted by atomic mass is 32.1. The number of pyridine rings is 2. The summed E-state index contributed by atoms with van der Waals surface area (Å²) in [7, 11) is 1.96. The summed E-state index contributed by atoms with van der Waals surface area (Å²) in [5.74, 6) is -3.46. The number of halogens is 4. The number of likely N-dealkylation sites (N-methyl/N-ethyl adjacent to an activating group) is 1. The molecule has 0 spiro atoms. The smallest absolute Gasteiger partial charge is 0.391 e. The number of piperazine rings is 2. The number of H-pyrrole nitrogens is 1. The first-order valence-corrected chi connectivity index (χ1v) is 28.9. The van der Waals surface area contributed by atoms with E-state index in [-0.39, 0.29) is 80.4 Å². The molecule has 0 radical (unpaired) electrons. The van der Waals surface area contributed by atoms with Crippen LogP contribution in [0.2, 0.25) is 0 Å². The number of alkyl halides is 3. The van der Waals surface area contributed by atoms with Gasteiger partial charge in [-0.15, -0.1) is 11.3 Å². The molecule has 2 aromatic carbocycles. The van der Waals surface area contributed by atoms with Crippen LogP contribution < -0.4 is 36.6 Å². The standard InChI is InChI=1S/C59H72F4N12O9S/c1-34-29-74(30-35(2)71(34)7)46-25-44(60)41(23-45(46)69-55(81)42-28-66-50(78)24-43(42)59(61,62)63)39-12-13-48(65-27-39)72-17-19-73(20-18-72)52(80)15-14-49(77)64-16-21-84-32-51(79)70-54(58(4,5)6)57(83)75-31-40(76)22-47(75)56(82)67-26-37-8-10-38(11-9-37)53-36(3)68-33-85-53/h8-13,23-25,27-28,33-35,40,47,54,76H,14-22,26,29-32H2,1-7H3,(H,64,77)(H,66,78)(H,67,82)(H,69,81)(H,70,79)/t34-,35+,40-,47+,54?/m1/s1. The molecule has 85 heavy (non-hydrogen) atoms. The third kappa shape index (κ3) is 15.7. The van der Waals surface area contributed by atoms with Crippen molar-refractivity contribution >= 4 is 64.0 Å². The lowest BCUT2D eigenvalue weighted by molar-refractivity contribution is -0.144. The van der Waals surface area contributed by atoms with Crippen LogP contribution >= 0.6 is 11.3 Å². The van der Waals surface area contributed by atoms with Crippen LogP contribution in [0.15, 0.2) is 77.3 Å². The van der Waals surface area contributed by atoms with Gasteiger partial charge in [0, 0.05) is 120 Å². The first kappa shape index (κ1) is 63.2. The minimum atomic E-state index is -5.01. The average Bonchev–Trinajstić information content (AvgIpc) is 4.18. The Morgan fingerprint density at radius 2 is 1.56 bits per heavy atom. The van der Waals surface area contributed by atoms with E-state index in [0.717, 1.165) is 21.7 Å². The van der Waals surface area contributed by atoms with Gasteiger partial charge in [-0.25, -0.2) is 14.4 Å². The Morgan fingerprint density at radius 3 is 2.20 bits per heavy atom. The van der Waals surface area contributed by atoms with Gasteiger partial charge in [-0.05, 0) is 68.6 Å². The fraction of sp³-hybridized carbons (Fsp3) is 0.475. The Morgan fingerprint density at radius 1 is 0.871 bits per heavy atom. The summed E-state index contributed by atoms with van der Waals surface area (Å²) < 4.78 is 63.7. The number of β-amino-alcohol motifs (C(OH)–C–C–N with tert-alkyl or cyclic N) is 1. The number of carbonyl (C=O) groups excluding carboxylic acids is 6. The van der Waals surface area contributed by atoms with E-state index in [2.05, 4.69) is 41.1 Å². The van der Waals surface area contributed by atoms with E-state index in [0.29, 0.717) is 62.9 Å². The number of benzene rings is 2. The van der Waals surface area contributed by atoms with Crippen LogP contribution in [0.25, 0.3) is 21.6 Å². The molecule has 8 rings (SSSR count). The number of aliphatic hydroxyl groups is 1. The minimum Gasteiger partial charge on any atom is -0.391 e. The van der Waals surface area contributed by atoms with Crippen molar-refractivity contribution in [1.29, 1.82) is 0 Å². The van der Waals surface area contributed by atoms with Crippen LogP contribution in [0.3, 0.4) is 0 Å². The summed E-state index contributed by atoms with van der Waals surface area (Å²) in [6.07, 6.45) is -3.92. The molecule has 6 N–H and O–H groups in total. The number of rotatable bonds is 19. The van der Waals surface area contributed by atoms with Crippen molar-refractivity contribution in [2.24, 2.45) is 5.41 Å². The molecule has 6 heterocycles. The molecule has 0 aliphatic carbocycles. The molecule has 3 saturated heterocycles. The molecular formula is C59H72F4N12O9S. The van der Waals surface area contributed by atoms with Crippen LogP contribution in [0, 0.1) is 18.2 Å². The molecule has 26 heteroatoms. The molecule has 0 bridgehead atoms. The summed E-state index contributed by atoms with van der Waals surface area (Å²) >= 11 is 1.54. The molecule has 3 aliphatic heterocycles. The van der Waals surface area contributed by atoms with Gasteiger partial charge < -0.3 is 55.7 Å². The van der Waals surface area contributed by atoms with Crippen LogP contribution in [-0.2, 0) is 41.4 Å². The quantitative estimate of drug-likeness (QED) is 0.0461. The van der Waals surface area contributed by atoms with Crippen molar-refractivity contribution < 1.29 is 56.2 Å². The number of amides is 6. The average molecular weight is 1200 g/mol. The van der Waals surface area contributed by atoms with Gasteiger partial charge in [0.15, 0.2) is 0 Å². The number of aromatic amines is 1. The number of nitrogens with zero attached hydrogens (tertiary/aromatic N) is 7. The zero-order valence-corrected chi connectivity index (χ0v) is 49.3. The monoisotopic (exact) mass is 1200 g/mol. The lowest BCUT2D eigenvalue weighted by Gasteiger charge is -2.44. The third-order valence-corrected chi connectivity index (χ3v) is 16.6. The van der Waals surface area contributed by atoms with Gasteiger partial charge in [0.1, 0.15) is 30.3 Å². The lowest BCUT2D eigenvalue weighted by atomic mass is 9.85. The molecule has 0 saturated carbocycles. The van der Waals surface area contributed by atoms with Gasteiger partial charge >= 0.3 is 6.18 Å². The zero-order valence-electron chi connectivity index (χ0n) is 48.5. The normalized spacial score (nSPS) is 18.9. The van der Waals surface area contributed by atoms with Crippen LogP contribution in [0.5, 0.6) is 0 Å². The molecular weight excluding hydrogens is 1130 g/mol. The van der Waals surface area contributed by atoms with Gasteiger partial charge in [0.25, 0.3) is 5.91 Å². The Balaban J connectivity index is 0.771. The number of likely N-dealkylation sites (tertiary alicyclic amines) is 1. The highest BCUT2D eigenvalue weighted by Crippen LogP contribution is 2.38. The molecule has 3 aliphatic rings. The van der Waals surface area contributed by atoms with Crippen molar-refractivity contribution in [3.63, 3.8) is 0 Å². The van der Waals surface area contributed by atoms with Gasteiger partial charge in [-0.1, -0.05) is 45.0 Å². The van der Waals surface area contributed by atoms with Gasteiger partial charge in [0.2, 0.25) is 35.1 Å². The number of aromatic nitrogens is 3. The van der Waals surface area contributed by atoms with E-state index in [4.69, 9.17) is 4.74 Å². The van der Waals surface area contributed by atoms with E-state index in [9.17, 15) is 51.8 Å². The number of aliphatic hydroxyl groups excluding tert-OH is 1. The first-order valence-electron chi connectivity index (χ1n) is 28.1. The summed E-state index contributed by atoms with van der Waals surface area (Å²) in [6.45, 7) is 13.2. The molecule has 3 aromatic heterocycles. The van der Waals surface area contributed by atoms with E-state index in [1.165, 1.54) is 23.2 Å². The summed E-state index contributed by atoms with van der Waals surface area (Å²) in [4.78, 5) is 113. The van der Waals surface area contributed by atoms with Crippen LogP contribution in [-0.4, -0.2) is 173 Å². The number of ether oxygens (including phenoxy) is 1. The zero-order chi connectivity index (χ0) is 61.5. The van der Waals surface area contributed by atoms with Gasteiger partial charge in [-0.2, -0.15) is 13.2 Å². The predicted octanol–water partition coefficient (Wildman–Crippen LogP) is 5.18.